The molecule has 8 heteroatoms. The highest BCUT2D eigenvalue weighted by molar-refractivity contribution is 6.30. The maximum absolute atomic E-state index is 13.6. The van der Waals surface area contributed by atoms with E-state index in [0.717, 1.165) is 12.5 Å². The van der Waals surface area contributed by atoms with Crippen molar-refractivity contribution in [3.63, 3.8) is 0 Å². The number of halogens is 4. The summed E-state index contributed by atoms with van der Waals surface area (Å²) in [7, 11) is 0. The van der Waals surface area contributed by atoms with Gasteiger partial charge in [-0.05, 0) is 69.0 Å². The van der Waals surface area contributed by atoms with Gasteiger partial charge in [0, 0.05) is 17.1 Å². The third-order valence-corrected chi connectivity index (χ3v) is 5.50. The molecule has 0 fully saturated rings. The summed E-state index contributed by atoms with van der Waals surface area (Å²) >= 11 is 5.86. The molecule has 0 radical (unpaired) electrons. The molecular formula is C25H29ClF3NO3. The monoisotopic (exact) mass is 483 g/mol. The second-order valence-electron chi connectivity index (χ2n) is 9.02. The van der Waals surface area contributed by atoms with Gasteiger partial charge in [-0.3, -0.25) is 9.59 Å². The lowest BCUT2D eigenvalue weighted by Crippen LogP contribution is -2.34. The Morgan fingerprint density at radius 3 is 2.21 bits per heavy atom. The van der Waals surface area contributed by atoms with E-state index in [1.807, 2.05) is 6.07 Å². The summed E-state index contributed by atoms with van der Waals surface area (Å²) < 4.78 is 46.0. The van der Waals surface area contributed by atoms with Crippen molar-refractivity contribution >= 4 is 29.2 Å². The molecule has 33 heavy (non-hydrogen) atoms. The topological polar surface area (TPSA) is 55.4 Å². The Kier molecular flexibility index (Phi) is 8.57. The van der Waals surface area contributed by atoms with Crippen LogP contribution in [0.1, 0.15) is 56.7 Å². The molecule has 2 aromatic carbocycles. The third kappa shape index (κ3) is 7.77. The molecule has 4 nitrogen and oxygen atoms in total. The lowest BCUT2D eigenvalue weighted by Gasteiger charge is -2.26. The fourth-order valence-corrected chi connectivity index (χ4v) is 3.58. The zero-order valence-corrected chi connectivity index (χ0v) is 20.1. The largest absolute Gasteiger partial charge is 0.460 e. The van der Waals surface area contributed by atoms with Crippen molar-refractivity contribution < 1.29 is 27.5 Å². The van der Waals surface area contributed by atoms with Gasteiger partial charge in [-0.15, -0.1) is 0 Å². The van der Waals surface area contributed by atoms with Crippen LogP contribution in [0.5, 0.6) is 0 Å². The number of carbonyl (C=O) groups excluding carboxylic acids is 2. The molecule has 2 rings (SSSR count). The van der Waals surface area contributed by atoms with Crippen LogP contribution in [0.3, 0.4) is 0 Å². The Morgan fingerprint density at radius 1 is 1.06 bits per heavy atom. The first-order valence-electron chi connectivity index (χ1n) is 10.6. The van der Waals surface area contributed by atoms with Crippen molar-refractivity contribution in [3.05, 3.63) is 64.2 Å². The van der Waals surface area contributed by atoms with E-state index in [4.69, 9.17) is 16.3 Å². The van der Waals surface area contributed by atoms with Gasteiger partial charge >= 0.3 is 12.1 Å². The van der Waals surface area contributed by atoms with E-state index in [2.05, 4.69) is 5.32 Å². The predicted molar refractivity (Wildman–Crippen MR) is 123 cm³/mol. The van der Waals surface area contributed by atoms with Crippen molar-refractivity contribution in [1.82, 2.24) is 0 Å². The summed E-state index contributed by atoms with van der Waals surface area (Å²) in [5.41, 5.74) is 1.51. The van der Waals surface area contributed by atoms with E-state index >= 15 is 0 Å². The zero-order valence-electron chi connectivity index (χ0n) is 19.3. The van der Waals surface area contributed by atoms with Crippen LogP contribution in [0.4, 0.5) is 18.9 Å². The minimum Gasteiger partial charge on any atom is -0.460 e. The van der Waals surface area contributed by atoms with Crippen LogP contribution in [-0.2, 0) is 20.7 Å². The number of nitrogens with one attached hydrogen (secondary N) is 1. The van der Waals surface area contributed by atoms with Gasteiger partial charge in [0.1, 0.15) is 5.60 Å². The Balaban J connectivity index is 2.24. The fourth-order valence-electron chi connectivity index (χ4n) is 3.46. The summed E-state index contributed by atoms with van der Waals surface area (Å²) in [6, 6.07) is 10.9. The van der Waals surface area contributed by atoms with Crippen molar-refractivity contribution in [1.29, 1.82) is 0 Å². The van der Waals surface area contributed by atoms with Gasteiger partial charge in [0.15, 0.2) is 0 Å². The van der Waals surface area contributed by atoms with E-state index in [0.29, 0.717) is 22.7 Å². The van der Waals surface area contributed by atoms with Gasteiger partial charge in [-0.1, -0.05) is 42.8 Å². The number of benzene rings is 2. The number of ether oxygens (including phenoxy) is 1. The highest BCUT2D eigenvalue weighted by Crippen LogP contribution is 2.38. The first kappa shape index (κ1) is 26.7. The number of carbonyl (C=O) groups is 2. The van der Waals surface area contributed by atoms with Crippen molar-refractivity contribution in [2.24, 2.45) is 5.92 Å². The number of hydrogen-bond donors (Lipinski definition) is 1. The first-order chi connectivity index (χ1) is 15.2. The van der Waals surface area contributed by atoms with Crippen molar-refractivity contribution in [3.8, 4) is 0 Å². The Bertz CT molecular complexity index is 982. The molecule has 0 aliphatic rings. The smallest absolute Gasteiger partial charge is 0.392 e. The standard InChI is InChI=1S/C25H29ClF3NO3/c1-15-17(11-14-21(31)33-24(3,4)5)7-6-8-20(15)30-23(32)22(16(2)25(27,28)29)18-9-12-19(26)13-10-18/h6-10,12-13,16,22H,11,14H2,1-5H3,(H,30,32)/t16-,22+/m1/s1. The summed E-state index contributed by atoms with van der Waals surface area (Å²) in [6.07, 6.45) is -4.04. The number of amides is 1. The van der Waals surface area contributed by atoms with Gasteiger partial charge in [0.05, 0.1) is 11.8 Å². The fraction of sp³-hybridized carbons (Fsp3) is 0.440. The number of esters is 1. The number of anilines is 1. The quantitative estimate of drug-likeness (QED) is 0.438. The number of alkyl halides is 3. The minimum atomic E-state index is -4.56. The molecule has 0 saturated heterocycles. The van der Waals surface area contributed by atoms with Crippen LogP contribution in [0.15, 0.2) is 42.5 Å². The molecule has 180 valence electrons. The molecule has 1 N–H and O–H groups in total. The summed E-state index contributed by atoms with van der Waals surface area (Å²) in [6.45, 7) is 8.09. The van der Waals surface area contributed by atoms with Crippen molar-refractivity contribution in [2.45, 2.75) is 65.2 Å². The number of rotatable bonds is 7. The lowest BCUT2D eigenvalue weighted by molar-refractivity contribution is -0.178. The minimum absolute atomic E-state index is 0.147. The molecule has 0 spiro atoms. The van der Waals surface area contributed by atoms with Crippen LogP contribution >= 0.6 is 11.6 Å². The second-order valence-corrected chi connectivity index (χ2v) is 9.46. The normalized spacial score (nSPS) is 13.8. The summed E-state index contributed by atoms with van der Waals surface area (Å²) in [5.74, 6) is -4.48. The van der Waals surface area contributed by atoms with Crippen LogP contribution < -0.4 is 5.32 Å². The van der Waals surface area contributed by atoms with Gasteiger partial charge in [-0.25, -0.2) is 0 Å². The third-order valence-electron chi connectivity index (χ3n) is 5.25. The van der Waals surface area contributed by atoms with Crippen LogP contribution in [0.2, 0.25) is 5.02 Å². The Morgan fingerprint density at radius 2 is 1.67 bits per heavy atom. The summed E-state index contributed by atoms with van der Waals surface area (Å²) in [5, 5.41) is 3.02. The van der Waals surface area contributed by atoms with Gasteiger partial charge < -0.3 is 10.1 Å². The highest BCUT2D eigenvalue weighted by Gasteiger charge is 2.45. The average molecular weight is 484 g/mol. The van der Waals surface area contributed by atoms with E-state index in [-0.39, 0.29) is 18.0 Å². The molecule has 0 bridgehead atoms. The predicted octanol–water partition coefficient (Wildman–Crippen LogP) is 6.84. The average Bonchev–Trinajstić information content (AvgIpc) is 2.68. The molecule has 0 aromatic heterocycles. The van der Waals surface area contributed by atoms with E-state index in [1.54, 1.807) is 39.8 Å². The van der Waals surface area contributed by atoms with Crippen molar-refractivity contribution in [2.75, 3.05) is 5.32 Å². The number of aryl methyl sites for hydroxylation is 1. The molecule has 0 aliphatic heterocycles. The molecule has 0 aliphatic carbocycles. The maximum atomic E-state index is 13.6. The summed E-state index contributed by atoms with van der Waals surface area (Å²) in [4.78, 5) is 25.1. The van der Waals surface area contributed by atoms with Crippen LogP contribution in [0, 0.1) is 12.8 Å². The van der Waals surface area contributed by atoms with E-state index in [9.17, 15) is 22.8 Å². The second kappa shape index (κ2) is 10.6. The molecule has 2 atom stereocenters. The molecular weight excluding hydrogens is 455 g/mol. The van der Waals surface area contributed by atoms with Crippen LogP contribution in [0.25, 0.3) is 0 Å². The van der Waals surface area contributed by atoms with Gasteiger partial charge in [-0.2, -0.15) is 13.2 Å². The lowest BCUT2D eigenvalue weighted by atomic mass is 9.85. The zero-order chi connectivity index (χ0) is 25.0. The first-order valence-corrected chi connectivity index (χ1v) is 11.0. The number of hydrogen-bond acceptors (Lipinski definition) is 3. The molecule has 2 aromatic rings. The Hall–Kier alpha value is -2.54. The molecule has 0 unspecified atom stereocenters. The highest BCUT2D eigenvalue weighted by atomic mass is 35.5. The maximum Gasteiger partial charge on any atom is 0.392 e. The Labute approximate surface area is 197 Å². The van der Waals surface area contributed by atoms with E-state index in [1.165, 1.54) is 24.3 Å². The van der Waals surface area contributed by atoms with E-state index < -0.39 is 29.5 Å². The van der Waals surface area contributed by atoms with Gasteiger partial charge in [0.25, 0.3) is 0 Å². The molecule has 1 amide bonds. The molecule has 0 saturated carbocycles. The van der Waals surface area contributed by atoms with Gasteiger partial charge in [0.2, 0.25) is 5.91 Å². The molecule has 0 heterocycles. The van der Waals surface area contributed by atoms with Crippen LogP contribution in [-0.4, -0.2) is 23.7 Å². The SMILES string of the molecule is Cc1c(CCC(=O)OC(C)(C)C)cccc1NC(=O)[C@H](c1ccc(Cl)cc1)[C@@H](C)C(F)(F)F.